The third kappa shape index (κ3) is 2.66. The Morgan fingerprint density at radius 1 is 1.33 bits per heavy atom. The van der Waals surface area contributed by atoms with Crippen molar-refractivity contribution in [2.45, 2.75) is 45.1 Å². The van der Waals surface area contributed by atoms with Gasteiger partial charge in [0.2, 0.25) is 5.91 Å². The quantitative estimate of drug-likeness (QED) is 0.849. The van der Waals surface area contributed by atoms with Crippen molar-refractivity contribution in [3.05, 3.63) is 29.8 Å². The van der Waals surface area contributed by atoms with Gasteiger partial charge in [-0.05, 0) is 42.7 Å². The van der Waals surface area contributed by atoms with Crippen LogP contribution in [0, 0.1) is 11.8 Å². The van der Waals surface area contributed by atoms with Crippen LogP contribution >= 0.6 is 0 Å². The van der Waals surface area contributed by atoms with Crippen molar-refractivity contribution >= 4 is 5.91 Å². The maximum absolute atomic E-state index is 12.8. The normalized spacial score (nSPS) is 28.0. The van der Waals surface area contributed by atoms with Crippen LogP contribution in [0.3, 0.4) is 0 Å². The number of hydrogen-bond acceptors (Lipinski definition) is 2. The molecule has 0 bridgehead atoms. The molecule has 0 N–H and O–H groups in total. The van der Waals surface area contributed by atoms with Crippen molar-refractivity contribution in [2.24, 2.45) is 11.8 Å². The van der Waals surface area contributed by atoms with E-state index in [1.807, 2.05) is 18.2 Å². The highest BCUT2D eigenvalue weighted by Gasteiger charge is 2.48. The van der Waals surface area contributed by atoms with Crippen LogP contribution < -0.4 is 4.74 Å². The molecule has 0 radical (unpaired) electrons. The van der Waals surface area contributed by atoms with E-state index in [0.29, 0.717) is 23.8 Å². The summed E-state index contributed by atoms with van der Waals surface area (Å²) in [6.07, 6.45) is 3.29. The fourth-order valence-corrected chi connectivity index (χ4v) is 3.76. The van der Waals surface area contributed by atoms with Crippen LogP contribution in [-0.2, 0) is 4.79 Å². The highest BCUT2D eigenvalue weighted by molar-refractivity contribution is 5.83. The van der Waals surface area contributed by atoms with Gasteiger partial charge in [0.05, 0.1) is 7.11 Å². The van der Waals surface area contributed by atoms with Gasteiger partial charge in [0, 0.05) is 18.5 Å². The Kier molecular flexibility index (Phi) is 3.92. The second-order valence-electron chi connectivity index (χ2n) is 6.68. The predicted octanol–water partition coefficient (Wildman–Crippen LogP) is 3.45. The average molecular weight is 287 g/mol. The first kappa shape index (κ1) is 14.4. The van der Waals surface area contributed by atoms with Crippen LogP contribution in [0.1, 0.15) is 44.6 Å². The van der Waals surface area contributed by atoms with E-state index in [1.165, 1.54) is 5.56 Å². The molecule has 1 aliphatic carbocycles. The predicted molar refractivity (Wildman–Crippen MR) is 83.4 cm³/mol. The van der Waals surface area contributed by atoms with E-state index in [2.05, 4.69) is 24.8 Å². The molecular weight excluding hydrogens is 262 g/mol. The third-order valence-corrected chi connectivity index (χ3v) is 5.00. The maximum atomic E-state index is 12.8. The van der Waals surface area contributed by atoms with Crippen LogP contribution in [0.2, 0.25) is 0 Å². The SMILES string of the molecule is COc1ccccc1[C@@H]1C[C@@H]1C(=O)N1CCC[C@H]1C(C)C. The number of carbonyl (C=O) groups excluding carboxylic acids is 1. The second kappa shape index (κ2) is 5.70. The lowest BCUT2D eigenvalue weighted by molar-refractivity contribution is -0.134. The summed E-state index contributed by atoms with van der Waals surface area (Å²) >= 11 is 0. The molecule has 1 aromatic rings. The molecule has 3 heteroatoms. The molecule has 0 unspecified atom stereocenters. The number of para-hydroxylation sites is 1. The fourth-order valence-electron chi connectivity index (χ4n) is 3.76. The van der Waals surface area contributed by atoms with E-state index < -0.39 is 0 Å². The summed E-state index contributed by atoms with van der Waals surface area (Å²) in [5.41, 5.74) is 1.19. The zero-order valence-corrected chi connectivity index (χ0v) is 13.2. The Morgan fingerprint density at radius 3 is 2.81 bits per heavy atom. The lowest BCUT2D eigenvalue weighted by atomic mass is 10.0. The van der Waals surface area contributed by atoms with Crippen molar-refractivity contribution in [2.75, 3.05) is 13.7 Å². The molecule has 0 spiro atoms. The minimum absolute atomic E-state index is 0.167. The first-order chi connectivity index (χ1) is 10.1. The molecule has 1 amide bonds. The first-order valence-electron chi connectivity index (χ1n) is 8.07. The van der Waals surface area contributed by atoms with Gasteiger partial charge in [-0.1, -0.05) is 32.0 Å². The Bertz CT molecular complexity index is 526. The summed E-state index contributed by atoms with van der Waals surface area (Å²) in [5.74, 6) is 2.35. The summed E-state index contributed by atoms with van der Waals surface area (Å²) in [6, 6.07) is 8.54. The maximum Gasteiger partial charge on any atom is 0.226 e. The van der Waals surface area contributed by atoms with E-state index in [1.54, 1.807) is 7.11 Å². The van der Waals surface area contributed by atoms with Crippen LogP contribution in [0.5, 0.6) is 5.75 Å². The van der Waals surface area contributed by atoms with E-state index in [4.69, 9.17) is 4.74 Å². The molecule has 2 fully saturated rings. The monoisotopic (exact) mass is 287 g/mol. The molecule has 3 rings (SSSR count). The second-order valence-corrected chi connectivity index (χ2v) is 6.68. The van der Waals surface area contributed by atoms with Crippen LogP contribution in [0.15, 0.2) is 24.3 Å². The number of amides is 1. The van der Waals surface area contributed by atoms with Gasteiger partial charge in [0.1, 0.15) is 5.75 Å². The molecule has 2 aliphatic rings. The Morgan fingerprint density at radius 2 is 2.10 bits per heavy atom. The highest BCUT2D eigenvalue weighted by Crippen LogP contribution is 2.51. The number of benzene rings is 1. The fraction of sp³-hybridized carbons (Fsp3) is 0.611. The summed E-state index contributed by atoms with van der Waals surface area (Å²) in [6.45, 7) is 5.39. The van der Waals surface area contributed by atoms with Gasteiger partial charge in [0.25, 0.3) is 0 Å². The van der Waals surface area contributed by atoms with Crippen LogP contribution in [0.4, 0.5) is 0 Å². The van der Waals surface area contributed by atoms with Crippen molar-refractivity contribution in [3.8, 4) is 5.75 Å². The van der Waals surface area contributed by atoms with Gasteiger partial charge in [-0.3, -0.25) is 4.79 Å². The van der Waals surface area contributed by atoms with E-state index in [-0.39, 0.29) is 5.92 Å². The van der Waals surface area contributed by atoms with Gasteiger partial charge in [-0.2, -0.15) is 0 Å². The van der Waals surface area contributed by atoms with Crippen LogP contribution in [0.25, 0.3) is 0 Å². The lowest BCUT2D eigenvalue weighted by Gasteiger charge is -2.28. The molecule has 0 aromatic heterocycles. The van der Waals surface area contributed by atoms with Gasteiger partial charge in [-0.15, -0.1) is 0 Å². The molecule has 114 valence electrons. The lowest BCUT2D eigenvalue weighted by Crippen LogP contribution is -2.39. The molecule has 21 heavy (non-hydrogen) atoms. The molecule has 1 saturated heterocycles. The summed E-state index contributed by atoms with van der Waals surface area (Å²) in [4.78, 5) is 14.9. The number of likely N-dealkylation sites (tertiary alicyclic amines) is 1. The molecule has 1 saturated carbocycles. The highest BCUT2D eigenvalue weighted by atomic mass is 16.5. The molecule has 1 aliphatic heterocycles. The van der Waals surface area contributed by atoms with E-state index in [9.17, 15) is 4.79 Å². The Balaban J connectivity index is 1.71. The Labute approximate surface area is 127 Å². The number of ether oxygens (including phenoxy) is 1. The zero-order chi connectivity index (χ0) is 15.0. The standard InChI is InChI=1S/C18H25NO2/c1-12(2)16-8-6-10-19(16)18(20)15-11-14(15)13-7-4-5-9-17(13)21-3/h4-5,7,9,12,14-16H,6,8,10-11H2,1-3H3/t14-,15-,16-/m0/s1. The number of hydrogen-bond donors (Lipinski definition) is 0. The number of carbonyl (C=O) groups is 1. The largest absolute Gasteiger partial charge is 0.496 e. The third-order valence-electron chi connectivity index (χ3n) is 5.00. The summed E-state index contributed by atoms with van der Waals surface area (Å²) in [7, 11) is 1.70. The topological polar surface area (TPSA) is 29.5 Å². The molecule has 3 atom stereocenters. The molecule has 1 aromatic carbocycles. The van der Waals surface area contributed by atoms with E-state index in [0.717, 1.165) is 31.6 Å². The number of nitrogens with zero attached hydrogens (tertiary/aromatic N) is 1. The molecule has 1 heterocycles. The molecule has 3 nitrogen and oxygen atoms in total. The van der Waals surface area contributed by atoms with Gasteiger partial charge >= 0.3 is 0 Å². The van der Waals surface area contributed by atoms with Crippen molar-refractivity contribution < 1.29 is 9.53 Å². The first-order valence-corrected chi connectivity index (χ1v) is 8.07. The average Bonchev–Trinajstić information content (AvgIpc) is 3.13. The van der Waals surface area contributed by atoms with Gasteiger partial charge < -0.3 is 9.64 Å². The zero-order valence-electron chi connectivity index (χ0n) is 13.2. The van der Waals surface area contributed by atoms with Gasteiger partial charge in [-0.25, -0.2) is 0 Å². The Hall–Kier alpha value is -1.51. The van der Waals surface area contributed by atoms with Crippen molar-refractivity contribution in [3.63, 3.8) is 0 Å². The van der Waals surface area contributed by atoms with Crippen molar-refractivity contribution in [1.82, 2.24) is 4.90 Å². The van der Waals surface area contributed by atoms with Crippen molar-refractivity contribution in [1.29, 1.82) is 0 Å². The van der Waals surface area contributed by atoms with Crippen LogP contribution in [-0.4, -0.2) is 30.5 Å². The smallest absolute Gasteiger partial charge is 0.226 e. The number of methoxy groups -OCH3 is 1. The molecular formula is C18H25NO2. The van der Waals surface area contributed by atoms with Gasteiger partial charge in [0.15, 0.2) is 0 Å². The summed E-state index contributed by atoms with van der Waals surface area (Å²) in [5, 5.41) is 0. The number of rotatable bonds is 4. The minimum Gasteiger partial charge on any atom is -0.496 e. The van der Waals surface area contributed by atoms with E-state index >= 15 is 0 Å². The summed E-state index contributed by atoms with van der Waals surface area (Å²) < 4.78 is 5.43. The minimum atomic E-state index is 0.167.